The van der Waals surface area contributed by atoms with Crippen molar-refractivity contribution in [1.29, 1.82) is 0 Å². The fourth-order valence-corrected chi connectivity index (χ4v) is 1.63. The molecule has 1 atom stereocenters. The predicted molar refractivity (Wildman–Crippen MR) is 66.7 cm³/mol. The van der Waals surface area contributed by atoms with Gasteiger partial charge in [-0.1, -0.05) is 30.3 Å². The molecule has 0 radical (unpaired) electrons. The minimum atomic E-state index is -0.471. The fourth-order valence-electron chi connectivity index (χ4n) is 1.63. The molecule has 1 amide bonds. The van der Waals surface area contributed by atoms with Crippen molar-refractivity contribution in [3.05, 3.63) is 47.8 Å². The number of carbonyl (C=O) groups excluding carboxylic acids is 1. The molecule has 6 nitrogen and oxygen atoms in total. The van der Waals surface area contributed by atoms with Crippen LogP contribution < -0.4 is 11.1 Å². The minimum Gasteiger partial charge on any atom is -0.396 e. The van der Waals surface area contributed by atoms with Crippen LogP contribution in [0.5, 0.6) is 0 Å². The first-order valence-corrected chi connectivity index (χ1v) is 5.48. The molecule has 2 rings (SSSR count). The Balaban J connectivity index is 2.13. The van der Waals surface area contributed by atoms with Crippen LogP contribution in [-0.2, 0) is 0 Å². The van der Waals surface area contributed by atoms with Crippen molar-refractivity contribution in [3.63, 3.8) is 0 Å². The van der Waals surface area contributed by atoms with E-state index in [4.69, 9.17) is 5.73 Å². The number of aromatic nitrogens is 2. The summed E-state index contributed by atoms with van der Waals surface area (Å²) in [6.07, 6.45) is 1.37. The topological polar surface area (TPSA) is 104 Å². The average molecular weight is 246 g/mol. The molecule has 0 saturated heterocycles. The molecule has 0 saturated carbocycles. The Hall–Kier alpha value is -2.34. The number of nitrogens with zero attached hydrogens (tertiary/aromatic N) is 1. The highest BCUT2D eigenvalue weighted by molar-refractivity contribution is 5.97. The lowest BCUT2D eigenvalue weighted by Gasteiger charge is -2.16. The first-order chi connectivity index (χ1) is 8.72. The van der Waals surface area contributed by atoms with Crippen LogP contribution in [-0.4, -0.2) is 27.8 Å². The molecule has 0 aliphatic rings. The highest BCUT2D eigenvalue weighted by Crippen LogP contribution is 2.13. The Kier molecular flexibility index (Phi) is 3.59. The van der Waals surface area contributed by atoms with Crippen molar-refractivity contribution in [2.24, 2.45) is 0 Å². The third kappa shape index (κ3) is 2.49. The van der Waals surface area contributed by atoms with Crippen LogP contribution in [0, 0.1) is 0 Å². The highest BCUT2D eigenvalue weighted by atomic mass is 16.3. The van der Waals surface area contributed by atoms with Gasteiger partial charge in [-0.3, -0.25) is 9.89 Å². The maximum atomic E-state index is 11.9. The molecule has 18 heavy (non-hydrogen) atoms. The number of hydrogen-bond acceptors (Lipinski definition) is 4. The number of anilines is 1. The van der Waals surface area contributed by atoms with Crippen molar-refractivity contribution in [2.45, 2.75) is 6.04 Å². The number of carbonyl (C=O) groups is 1. The molecule has 0 spiro atoms. The summed E-state index contributed by atoms with van der Waals surface area (Å²) in [5.41, 5.74) is 6.88. The van der Waals surface area contributed by atoms with Crippen molar-refractivity contribution in [1.82, 2.24) is 15.5 Å². The van der Waals surface area contributed by atoms with Crippen LogP contribution in [0.15, 0.2) is 36.5 Å². The molecular weight excluding hydrogens is 232 g/mol. The third-order valence-corrected chi connectivity index (χ3v) is 2.59. The molecule has 0 aliphatic heterocycles. The zero-order valence-electron chi connectivity index (χ0n) is 9.63. The first kappa shape index (κ1) is 12.1. The Labute approximate surface area is 104 Å². The molecule has 6 heteroatoms. The van der Waals surface area contributed by atoms with Gasteiger partial charge in [-0.25, -0.2) is 0 Å². The molecule has 2 aromatic rings. The Bertz CT molecular complexity index is 524. The fraction of sp³-hybridized carbons (Fsp3) is 0.167. The number of hydrogen-bond donors (Lipinski definition) is 4. The van der Waals surface area contributed by atoms with Gasteiger partial charge in [-0.15, -0.1) is 0 Å². The number of aromatic amines is 1. The van der Waals surface area contributed by atoms with E-state index in [-0.39, 0.29) is 18.0 Å². The Morgan fingerprint density at radius 1 is 1.44 bits per heavy atom. The minimum absolute atomic E-state index is 0.191. The standard InChI is InChI=1S/C12H14N4O2/c13-9-6-14-16-11(9)12(18)15-10(7-17)8-4-2-1-3-5-8/h1-6,10,17H,7,13H2,(H,14,16)(H,15,18)/t10-/m0/s1. The predicted octanol–water partition coefficient (Wildman–Crippen LogP) is 0.455. The summed E-state index contributed by atoms with van der Waals surface area (Å²) >= 11 is 0. The molecule has 1 aromatic heterocycles. The second-order valence-electron chi connectivity index (χ2n) is 3.82. The van der Waals surface area contributed by atoms with Gasteiger partial charge in [0.1, 0.15) is 5.69 Å². The summed E-state index contributed by atoms with van der Waals surface area (Å²) < 4.78 is 0. The number of H-pyrrole nitrogens is 1. The van der Waals surface area contributed by atoms with Crippen LogP contribution in [0.2, 0.25) is 0 Å². The number of nitrogens with one attached hydrogen (secondary N) is 2. The number of aliphatic hydroxyl groups is 1. The van der Waals surface area contributed by atoms with Gasteiger partial charge in [-0.05, 0) is 5.56 Å². The number of amides is 1. The number of nitrogen functional groups attached to an aromatic ring is 1. The average Bonchev–Trinajstić information content (AvgIpc) is 2.83. The second kappa shape index (κ2) is 5.33. The molecule has 0 fully saturated rings. The van der Waals surface area contributed by atoms with E-state index in [0.717, 1.165) is 5.56 Å². The van der Waals surface area contributed by atoms with Crippen molar-refractivity contribution in [2.75, 3.05) is 12.3 Å². The van der Waals surface area contributed by atoms with Crippen LogP contribution in [0.25, 0.3) is 0 Å². The van der Waals surface area contributed by atoms with E-state index in [1.807, 2.05) is 30.3 Å². The lowest BCUT2D eigenvalue weighted by atomic mass is 10.1. The van der Waals surface area contributed by atoms with E-state index >= 15 is 0 Å². The summed E-state index contributed by atoms with van der Waals surface area (Å²) in [5, 5.41) is 18.2. The summed E-state index contributed by atoms with van der Waals surface area (Å²) in [6, 6.07) is 8.74. The maximum Gasteiger partial charge on any atom is 0.272 e. The van der Waals surface area contributed by atoms with Gasteiger partial charge in [-0.2, -0.15) is 5.10 Å². The lowest BCUT2D eigenvalue weighted by Crippen LogP contribution is -2.31. The largest absolute Gasteiger partial charge is 0.396 e. The molecule has 1 heterocycles. The van der Waals surface area contributed by atoms with E-state index in [9.17, 15) is 9.90 Å². The van der Waals surface area contributed by atoms with Crippen LogP contribution in [0.4, 0.5) is 5.69 Å². The normalized spacial score (nSPS) is 12.1. The van der Waals surface area contributed by atoms with Crippen molar-refractivity contribution in [3.8, 4) is 0 Å². The smallest absolute Gasteiger partial charge is 0.272 e. The van der Waals surface area contributed by atoms with Gasteiger partial charge in [0.15, 0.2) is 0 Å². The maximum absolute atomic E-state index is 11.9. The van der Waals surface area contributed by atoms with E-state index < -0.39 is 11.9 Å². The Morgan fingerprint density at radius 2 is 2.17 bits per heavy atom. The summed E-state index contributed by atoms with van der Waals surface area (Å²) in [6.45, 7) is -0.191. The van der Waals surface area contributed by atoms with Gasteiger partial charge in [0.2, 0.25) is 0 Å². The second-order valence-corrected chi connectivity index (χ2v) is 3.82. The summed E-state index contributed by atoms with van der Waals surface area (Å²) in [7, 11) is 0. The molecule has 0 aliphatic carbocycles. The summed E-state index contributed by atoms with van der Waals surface area (Å²) in [5.74, 6) is -0.395. The van der Waals surface area contributed by atoms with Crippen LogP contribution in [0.3, 0.4) is 0 Å². The van der Waals surface area contributed by atoms with Gasteiger partial charge in [0.25, 0.3) is 5.91 Å². The number of nitrogens with two attached hydrogens (primary N) is 1. The van der Waals surface area contributed by atoms with Crippen LogP contribution >= 0.6 is 0 Å². The van der Waals surface area contributed by atoms with Crippen molar-refractivity contribution < 1.29 is 9.90 Å². The quantitative estimate of drug-likeness (QED) is 0.629. The van der Waals surface area contributed by atoms with Crippen LogP contribution in [0.1, 0.15) is 22.1 Å². The number of aliphatic hydroxyl groups excluding tert-OH is 1. The number of benzene rings is 1. The first-order valence-electron chi connectivity index (χ1n) is 5.48. The molecule has 0 bridgehead atoms. The van der Waals surface area contributed by atoms with E-state index in [1.54, 1.807) is 0 Å². The molecular formula is C12H14N4O2. The molecule has 94 valence electrons. The van der Waals surface area contributed by atoms with Gasteiger partial charge in [0, 0.05) is 0 Å². The van der Waals surface area contributed by atoms with Gasteiger partial charge < -0.3 is 16.2 Å². The number of rotatable bonds is 4. The lowest BCUT2D eigenvalue weighted by molar-refractivity contribution is 0.0912. The van der Waals surface area contributed by atoms with E-state index in [1.165, 1.54) is 6.20 Å². The highest BCUT2D eigenvalue weighted by Gasteiger charge is 2.17. The van der Waals surface area contributed by atoms with Crippen molar-refractivity contribution >= 4 is 11.6 Å². The third-order valence-electron chi connectivity index (χ3n) is 2.59. The molecule has 5 N–H and O–H groups in total. The zero-order chi connectivity index (χ0) is 13.0. The molecule has 1 aromatic carbocycles. The monoisotopic (exact) mass is 246 g/mol. The summed E-state index contributed by atoms with van der Waals surface area (Å²) in [4.78, 5) is 11.9. The Morgan fingerprint density at radius 3 is 2.72 bits per heavy atom. The SMILES string of the molecule is Nc1cn[nH]c1C(=O)N[C@@H](CO)c1ccccc1. The van der Waals surface area contributed by atoms with Gasteiger partial charge >= 0.3 is 0 Å². The van der Waals surface area contributed by atoms with E-state index in [0.29, 0.717) is 0 Å². The molecule has 0 unspecified atom stereocenters. The van der Waals surface area contributed by atoms with E-state index in [2.05, 4.69) is 15.5 Å². The zero-order valence-corrected chi connectivity index (χ0v) is 9.63. The van der Waals surface area contributed by atoms with Gasteiger partial charge in [0.05, 0.1) is 24.5 Å².